The predicted octanol–water partition coefficient (Wildman–Crippen LogP) is 7.65. The normalized spacial score (nSPS) is 11.6. The van der Waals surface area contributed by atoms with Crippen molar-refractivity contribution in [1.82, 2.24) is 9.97 Å². The fourth-order valence-corrected chi connectivity index (χ4v) is 4.39. The number of aryl methyl sites for hydroxylation is 1. The number of rotatable bonds is 6. The smallest absolute Gasteiger partial charge is 0.161 e. The summed E-state index contributed by atoms with van der Waals surface area (Å²) in [5, 5.41) is 4.69. The molecule has 0 aliphatic heterocycles. The van der Waals surface area contributed by atoms with Gasteiger partial charge in [0, 0.05) is 27.1 Å². The Bertz CT molecular complexity index is 1200. The van der Waals surface area contributed by atoms with E-state index in [2.05, 4.69) is 83.7 Å². The molecule has 150 valence electrons. The number of hydrogen-bond donors (Lipinski definition) is 1. The SMILES string of the molecule is CC=C(CC)c1ccc(Sc2ccccc2)c(Nc2ccnc3nc(C)ccc23)c1. The monoisotopic (exact) mass is 411 g/mol. The Labute approximate surface area is 182 Å². The zero-order valence-electron chi connectivity index (χ0n) is 17.5. The number of nitrogens with one attached hydrogen (secondary N) is 1. The molecule has 2 aromatic carbocycles. The zero-order valence-corrected chi connectivity index (χ0v) is 18.3. The summed E-state index contributed by atoms with van der Waals surface area (Å²) in [7, 11) is 0. The van der Waals surface area contributed by atoms with Crippen molar-refractivity contribution in [2.24, 2.45) is 0 Å². The fraction of sp³-hybridized carbons (Fsp3) is 0.154. The van der Waals surface area contributed by atoms with Gasteiger partial charge < -0.3 is 5.32 Å². The van der Waals surface area contributed by atoms with Gasteiger partial charge in [0.25, 0.3) is 0 Å². The second kappa shape index (κ2) is 9.14. The van der Waals surface area contributed by atoms with E-state index in [1.165, 1.54) is 20.9 Å². The van der Waals surface area contributed by atoms with Crippen LogP contribution in [0.1, 0.15) is 31.5 Å². The lowest BCUT2D eigenvalue weighted by molar-refractivity contribution is 1.20. The van der Waals surface area contributed by atoms with Gasteiger partial charge in [-0.05, 0) is 73.9 Å². The molecule has 0 saturated heterocycles. The third-order valence-electron chi connectivity index (χ3n) is 5.06. The molecule has 4 rings (SSSR count). The van der Waals surface area contributed by atoms with Crippen LogP contribution in [0.2, 0.25) is 0 Å². The van der Waals surface area contributed by atoms with Crippen LogP contribution in [0.15, 0.2) is 88.8 Å². The molecule has 0 amide bonds. The molecule has 0 unspecified atom stereocenters. The molecule has 4 heteroatoms. The summed E-state index contributed by atoms with van der Waals surface area (Å²) in [4.78, 5) is 11.4. The molecule has 30 heavy (non-hydrogen) atoms. The highest BCUT2D eigenvalue weighted by molar-refractivity contribution is 7.99. The topological polar surface area (TPSA) is 37.8 Å². The Morgan fingerprint density at radius 1 is 1.00 bits per heavy atom. The molecule has 0 spiro atoms. The summed E-state index contributed by atoms with van der Waals surface area (Å²) < 4.78 is 0. The van der Waals surface area contributed by atoms with Gasteiger partial charge in [-0.3, -0.25) is 0 Å². The van der Waals surface area contributed by atoms with Crippen LogP contribution in [0.25, 0.3) is 16.6 Å². The van der Waals surface area contributed by atoms with E-state index in [-0.39, 0.29) is 0 Å². The van der Waals surface area contributed by atoms with E-state index in [9.17, 15) is 0 Å². The molecule has 0 atom stereocenters. The molecular formula is C26H25N3S. The van der Waals surface area contributed by atoms with Crippen molar-refractivity contribution in [2.45, 2.75) is 37.0 Å². The number of allylic oxidation sites excluding steroid dienone is 2. The third-order valence-corrected chi connectivity index (χ3v) is 6.15. The minimum atomic E-state index is 0.760. The van der Waals surface area contributed by atoms with Crippen LogP contribution in [-0.2, 0) is 0 Å². The van der Waals surface area contributed by atoms with Crippen molar-refractivity contribution >= 4 is 39.7 Å². The van der Waals surface area contributed by atoms with Gasteiger partial charge in [0.15, 0.2) is 5.65 Å². The van der Waals surface area contributed by atoms with E-state index in [0.717, 1.165) is 34.5 Å². The second-order valence-corrected chi connectivity index (χ2v) is 8.22. The van der Waals surface area contributed by atoms with Crippen molar-refractivity contribution in [3.8, 4) is 0 Å². The van der Waals surface area contributed by atoms with Gasteiger partial charge in [0.05, 0.1) is 11.4 Å². The zero-order chi connectivity index (χ0) is 20.9. The van der Waals surface area contributed by atoms with Crippen LogP contribution in [0.5, 0.6) is 0 Å². The van der Waals surface area contributed by atoms with E-state index < -0.39 is 0 Å². The first-order valence-electron chi connectivity index (χ1n) is 10.2. The highest BCUT2D eigenvalue weighted by Crippen LogP contribution is 2.38. The van der Waals surface area contributed by atoms with Gasteiger partial charge in [-0.1, -0.05) is 49.0 Å². The average Bonchev–Trinajstić information content (AvgIpc) is 2.77. The van der Waals surface area contributed by atoms with Gasteiger partial charge in [-0.15, -0.1) is 0 Å². The van der Waals surface area contributed by atoms with E-state index in [1.54, 1.807) is 11.8 Å². The standard InChI is InChI=1S/C26H25N3S/c1-4-19(5-2)20-12-14-25(30-21-9-7-6-8-10-21)24(17-20)29-23-15-16-27-26-22(23)13-11-18(3)28-26/h4,6-17H,5H2,1-3H3,(H,27,28,29). The molecule has 2 aromatic heterocycles. The van der Waals surface area contributed by atoms with Crippen molar-refractivity contribution < 1.29 is 0 Å². The molecule has 0 radical (unpaired) electrons. The summed E-state index contributed by atoms with van der Waals surface area (Å²) in [6.07, 6.45) is 5.01. The molecule has 0 aliphatic carbocycles. The number of nitrogens with zero attached hydrogens (tertiary/aromatic N) is 2. The van der Waals surface area contributed by atoms with Crippen LogP contribution in [0.3, 0.4) is 0 Å². The first kappa shape index (κ1) is 20.2. The average molecular weight is 412 g/mol. The van der Waals surface area contributed by atoms with Crippen LogP contribution >= 0.6 is 11.8 Å². The maximum atomic E-state index is 4.57. The minimum absolute atomic E-state index is 0.760. The minimum Gasteiger partial charge on any atom is -0.354 e. The molecule has 0 bridgehead atoms. The van der Waals surface area contributed by atoms with Gasteiger partial charge in [-0.2, -0.15) is 0 Å². The van der Waals surface area contributed by atoms with Crippen molar-refractivity contribution in [3.63, 3.8) is 0 Å². The Hall–Kier alpha value is -3.11. The maximum absolute atomic E-state index is 4.57. The van der Waals surface area contributed by atoms with E-state index in [4.69, 9.17) is 0 Å². The summed E-state index contributed by atoms with van der Waals surface area (Å²) in [6.45, 7) is 6.28. The predicted molar refractivity (Wildman–Crippen MR) is 129 cm³/mol. The lowest BCUT2D eigenvalue weighted by Crippen LogP contribution is -1.97. The molecular weight excluding hydrogens is 386 g/mol. The molecule has 0 saturated carbocycles. The summed E-state index contributed by atoms with van der Waals surface area (Å²) in [5.74, 6) is 0. The van der Waals surface area contributed by atoms with Gasteiger partial charge in [0.1, 0.15) is 0 Å². The Kier molecular flexibility index (Phi) is 6.15. The lowest BCUT2D eigenvalue weighted by Gasteiger charge is -2.16. The lowest BCUT2D eigenvalue weighted by atomic mass is 10.0. The van der Waals surface area contributed by atoms with E-state index in [1.807, 2.05) is 31.3 Å². The van der Waals surface area contributed by atoms with Crippen LogP contribution in [0.4, 0.5) is 11.4 Å². The van der Waals surface area contributed by atoms with Gasteiger partial charge in [0.2, 0.25) is 0 Å². The molecule has 0 fully saturated rings. The van der Waals surface area contributed by atoms with Crippen molar-refractivity contribution in [1.29, 1.82) is 0 Å². The molecule has 0 aliphatic rings. The highest BCUT2D eigenvalue weighted by atomic mass is 32.2. The summed E-state index contributed by atoms with van der Waals surface area (Å²) in [5.41, 5.74) is 6.41. The molecule has 4 aromatic rings. The second-order valence-electron chi connectivity index (χ2n) is 7.10. The van der Waals surface area contributed by atoms with Gasteiger partial charge >= 0.3 is 0 Å². The van der Waals surface area contributed by atoms with Crippen LogP contribution < -0.4 is 5.32 Å². The number of aromatic nitrogens is 2. The highest BCUT2D eigenvalue weighted by Gasteiger charge is 2.11. The van der Waals surface area contributed by atoms with Crippen molar-refractivity contribution in [3.05, 3.63) is 90.3 Å². The Morgan fingerprint density at radius 3 is 2.60 bits per heavy atom. The fourth-order valence-electron chi connectivity index (χ4n) is 3.48. The van der Waals surface area contributed by atoms with E-state index in [0.29, 0.717) is 0 Å². The molecule has 1 N–H and O–H groups in total. The summed E-state index contributed by atoms with van der Waals surface area (Å²) in [6, 6.07) is 23.3. The van der Waals surface area contributed by atoms with Crippen LogP contribution in [-0.4, -0.2) is 9.97 Å². The van der Waals surface area contributed by atoms with Crippen LogP contribution in [0, 0.1) is 6.92 Å². The number of hydrogen-bond acceptors (Lipinski definition) is 4. The largest absolute Gasteiger partial charge is 0.354 e. The number of anilines is 2. The first-order valence-corrected chi connectivity index (χ1v) is 11.0. The third kappa shape index (κ3) is 4.39. The van der Waals surface area contributed by atoms with Gasteiger partial charge in [-0.25, -0.2) is 9.97 Å². The quantitative estimate of drug-likeness (QED) is 0.354. The number of pyridine rings is 2. The number of fused-ring (bicyclic) bond motifs is 1. The van der Waals surface area contributed by atoms with Crippen molar-refractivity contribution in [2.75, 3.05) is 5.32 Å². The van der Waals surface area contributed by atoms with E-state index >= 15 is 0 Å². The Morgan fingerprint density at radius 2 is 1.83 bits per heavy atom. The molecule has 3 nitrogen and oxygen atoms in total. The number of benzene rings is 2. The molecule has 2 heterocycles. The maximum Gasteiger partial charge on any atom is 0.161 e. The Balaban J connectivity index is 1.79. The first-order chi connectivity index (χ1) is 14.7. The summed E-state index contributed by atoms with van der Waals surface area (Å²) >= 11 is 1.76.